The second kappa shape index (κ2) is 4.65. The predicted octanol–water partition coefficient (Wildman–Crippen LogP) is 2.35. The van der Waals surface area contributed by atoms with Gasteiger partial charge in [0.2, 0.25) is 0 Å². The summed E-state index contributed by atoms with van der Waals surface area (Å²) < 4.78 is 4.72. The maximum absolute atomic E-state index is 11.3. The van der Waals surface area contributed by atoms with Crippen molar-refractivity contribution >= 4 is 5.97 Å². The third-order valence-corrected chi connectivity index (χ3v) is 2.10. The maximum Gasteiger partial charge on any atom is 0.313 e. The number of benzene rings is 1. The fourth-order valence-corrected chi connectivity index (χ4v) is 1.37. The van der Waals surface area contributed by atoms with E-state index in [1.54, 1.807) is 0 Å². The fourth-order valence-electron chi connectivity index (χ4n) is 1.37. The summed E-state index contributed by atoms with van der Waals surface area (Å²) in [5, 5.41) is 0. The molecule has 0 aliphatic heterocycles. The summed E-state index contributed by atoms with van der Waals surface area (Å²) in [7, 11) is 1.42. The number of ether oxygens (including phenoxy) is 1. The molecule has 13 heavy (non-hydrogen) atoms. The molecule has 0 aliphatic carbocycles. The molecule has 0 aromatic heterocycles. The van der Waals surface area contributed by atoms with Crippen LogP contribution in [0, 0.1) is 0 Å². The first-order chi connectivity index (χ1) is 6.29. The van der Waals surface area contributed by atoms with Crippen LogP contribution in [-0.2, 0) is 9.53 Å². The van der Waals surface area contributed by atoms with Gasteiger partial charge in [-0.3, -0.25) is 4.79 Å². The van der Waals surface area contributed by atoms with Crippen molar-refractivity contribution in [3.63, 3.8) is 0 Å². The Morgan fingerprint density at radius 2 is 2.00 bits per heavy atom. The van der Waals surface area contributed by atoms with Gasteiger partial charge >= 0.3 is 5.97 Å². The molecule has 0 heterocycles. The molecule has 70 valence electrons. The molecule has 0 fully saturated rings. The molecule has 1 rings (SSSR count). The highest BCUT2D eigenvalue weighted by Gasteiger charge is 2.18. The molecule has 1 unspecified atom stereocenters. The van der Waals surface area contributed by atoms with E-state index >= 15 is 0 Å². The lowest BCUT2D eigenvalue weighted by atomic mass is 9.97. The molecule has 0 saturated carbocycles. The van der Waals surface area contributed by atoms with Gasteiger partial charge in [0.15, 0.2) is 0 Å². The van der Waals surface area contributed by atoms with Crippen molar-refractivity contribution in [2.75, 3.05) is 7.11 Å². The Kier molecular flexibility index (Phi) is 3.50. The van der Waals surface area contributed by atoms with E-state index in [0.717, 1.165) is 12.0 Å². The quantitative estimate of drug-likeness (QED) is 0.664. The highest BCUT2D eigenvalue weighted by atomic mass is 16.5. The smallest absolute Gasteiger partial charge is 0.313 e. The Hall–Kier alpha value is -1.31. The first-order valence-electron chi connectivity index (χ1n) is 4.42. The minimum Gasteiger partial charge on any atom is -0.469 e. The summed E-state index contributed by atoms with van der Waals surface area (Å²) in [6.07, 6.45) is 0.774. The molecular weight excluding hydrogens is 164 g/mol. The van der Waals surface area contributed by atoms with E-state index in [9.17, 15) is 4.79 Å². The van der Waals surface area contributed by atoms with Crippen LogP contribution in [0.15, 0.2) is 30.3 Å². The van der Waals surface area contributed by atoms with E-state index in [2.05, 4.69) is 0 Å². The molecular formula is C11H14O2. The van der Waals surface area contributed by atoms with Crippen LogP contribution in [-0.4, -0.2) is 13.1 Å². The Labute approximate surface area is 78.5 Å². The van der Waals surface area contributed by atoms with Gasteiger partial charge < -0.3 is 4.74 Å². The van der Waals surface area contributed by atoms with E-state index in [4.69, 9.17) is 4.74 Å². The molecule has 0 bridgehead atoms. The van der Waals surface area contributed by atoms with Gasteiger partial charge in [-0.25, -0.2) is 0 Å². The largest absolute Gasteiger partial charge is 0.469 e. The number of hydrogen-bond acceptors (Lipinski definition) is 2. The number of carbonyl (C=O) groups excluding carboxylic acids is 1. The number of hydrogen-bond donors (Lipinski definition) is 0. The lowest BCUT2D eigenvalue weighted by Gasteiger charge is -2.11. The monoisotopic (exact) mass is 178 g/mol. The van der Waals surface area contributed by atoms with Crippen LogP contribution >= 0.6 is 0 Å². The Morgan fingerprint density at radius 3 is 2.46 bits per heavy atom. The predicted molar refractivity (Wildman–Crippen MR) is 51.5 cm³/mol. The Bertz CT molecular complexity index is 267. The highest BCUT2D eigenvalue weighted by Crippen LogP contribution is 2.19. The van der Waals surface area contributed by atoms with Gasteiger partial charge in [0.1, 0.15) is 0 Å². The normalized spacial score (nSPS) is 12.2. The zero-order chi connectivity index (χ0) is 9.68. The van der Waals surface area contributed by atoms with Gasteiger partial charge in [-0.1, -0.05) is 37.3 Å². The molecule has 1 aromatic carbocycles. The van der Waals surface area contributed by atoms with Gasteiger partial charge in [-0.2, -0.15) is 0 Å². The van der Waals surface area contributed by atoms with Crippen LogP contribution in [0.3, 0.4) is 0 Å². The number of rotatable bonds is 3. The first kappa shape index (κ1) is 9.78. The van der Waals surface area contributed by atoms with E-state index in [1.807, 2.05) is 37.3 Å². The van der Waals surface area contributed by atoms with Crippen molar-refractivity contribution in [3.8, 4) is 0 Å². The molecule has 0 N–H and O–H groups in total. The van der Waals surface area contributed by atoms with Crippen LogP contribution < -0.4 is 0 Å². The molecule has 0 aliphatic rings. The van der Waals surface area contributed by atoms with E-state index in [0.29, 0.717) is 0 Å². The number of esters is 1. The van der Waals surface area contributed by atoms with Crippen molar-refractivity contribution < 1.29 is 9.53 Å². The molecule has 0 radical (unpaired) electrons. The average Bonchev–Trinajstić information content (AvgIpc) is 2.20. The second-order valence-corrected chi connectivity index (χ2v) is 2.89. The highest BCUT2D eigenvalue weighted by molar-refractivity contribution is 5.77. The van der Waals surface area contributed by atoms with E-state index in [-0.39, 0.29) is 11.9 Å². The summed E-state index contributed by atoms with van der Waals surface area (Å²) in [6.45, 7) is 1.98. The van der Waals surface area contributed by atoms with Crippen LogP contribution in [0.4, 0.5) is 0 Å². The summed E-state index contributed by atoms with van der Waals surface area (Å²) >= 11 is 0. The van der Waals surface area contributed by atoms with Crippen molar-refractivity contribution in [2.24, 2.45) is 0 Å². The zero-order valence-electron chi connectivity index (χ0n) is 7.99. The second-order valence-electron chi connectivity index (χ2n) is 2.89. The summed E-state index contributed by atoms with van der Waals surface area (Å²) in [5.41, 5.74) is 1.02. The van der Waals surface area contributed by atoms with Crippen LogP contribution in [0.1, 0.15) is 24.8 Å². The lowest BCUT2D eigenvalue weighted by Crippen LogP contribution is -2.13. The van der Waals surface area contributed by atoms with Gasteiger partial charge in [0.05, 0.1) is 13.0 Å². The minimum absolute atomic E-state index is 0.119. The van der Waals surface area contributed by atoms with Crippen molar-refractivity contribution in [3.05, 3.63) is 35.9 Å². The lowest BCUT2D eigenvalue weighted by molar-refractivity contribution is -0.142. The molecule has 0 saturated heterocycles. The maximum atomic E-state index is 11.3. The zero-order valence-corrected chi connectivity index (χ0v) is 7.99. The molecule has 0 spiro atoms. The summed E-state index contributed by atoms with van der Waals surface area (Å²) in [4.78, 5) is 11.3. The molecule has 2 nitrogen and oxygen atoms in total. The molecule has 1 atom stereocenters. The van der Waals surface area contributed by atoms with Gasteiger partial charge in [0.25, 0.3) is 0 Å². The SMILES string of the molecule is CCC(C(=O)OC)c1ccccc1. The molecule has 0 amide bonds. The van der Waals surface area contributed by atoms with Crippen molar-refractivity contribution in [1.82, 2.24) is 0 Å². The topological polar surface area (TPSA) is 26.3 Å². The first-order valence-corrected chi connectivity index (χ1v) is 4.42. The van der Waals surface area contributed by atoms with Crippen LogP contribution in [0.5, 0.6) is 0 Å². The summed E-state index contributed by atoms with van der Waals surface area (Å²) in [6, 6.07) is 9.70. The molecule has 2 heteroatoms. The van der Waals surface area contributed by atoms with Crippen LogP contribution in [0.2, 0.25) is 0 Å². The van der Waals surface area contributed by atoms with Crippen molar-refractivity contribution in [2.45, 2.75) is 19.3 Å². The fraction of sp³-hybridized carbons (Fsp3) is 0.364. The van der Waals surface area contributed by atoms with Gasteiger partial charge in [-0.15, -0.1) is 0 Å². The Balaban J connectivity index is 2.85. The number of carbonyl (C=O) groups is 1. The van der Waals surface area contributed by atoms with E-state index in [1.165, 1.54) is 7.11 Å². The van der Waals surface area contributed by atoms with Crippen molar-refractivity contribution in [1.29, 1.82) is 0 Å². The third-order valence-electron chi connectivity index (χ3n) is 2.10. The van der Waals surface area contributed by atoms with Crippen LogP contribution in [0.25, 0.3) is 0 Å². The minimum atomic E-state index is -0.159. The third kappa shape index (κ3) is 2.31. The van der Waals surface area contributed by atoms with Gasteiger partial charge in [-0.05, 0) is 12.0 Å². The average molecular weight is 178 g/mol. The Morgan fingerprint density at radius 1 is 1.38 bits per heavy atom. The molecule has 1 aromatic rings. The summed E-state index contributed by atoms with van der Waals surface area (Å²) in [5.74, 6) is -0.278. The van der Waals surface area contributed by atoms with E-state index < -0.39 is 0 Å². The number of methoxy groups -OCH3 is 1. The standard InChI is InChI=1S/C11H14O2/c1-3-10(11(12)13-2)9-7-5-4-6-8-9/h4-8,10H,3H2,1-2H3. The van der Waals surface area contributed by atoms with Gasteiger partial charge in [0, 0.05) is 0 Å².